The summed E-state index contributed by atoms with van der Waals surface area (Å²) >= 11 is 0. The third kappa shape index (κ3) is 5.47. The van der Waals surface area contributed by atoms with Gasteiger partial charge in [-0.2, -0.15) is 0 Å². The van der Waals surface area contributed by atoms with Gasteiger partial charge in [-0.15, -0.1) is 12.3 Å². The number of carbonyl (C=O) groups excluding carboxylic acids is 1. The van der Waals surface area contributed by atoms with E-state index in [9.17, 15) is 4.79 Å². The minimum atomic E-state index is 0.00366. The predicted molar refractivity (Wildman–Crippen MR) is 59.0 cm³/mol. The van der Waals surface area contributed by atoms with Crippen LogP contribution in [0.15, 0.2) is 0 Å². The fraction of sp³-hybridized carbons (Fsp3) is 0.727. The molecule has 0 rings (SSSR count). The fourth-order valence-corrected chi connectivity index (χ4v) is 1.21. The van der Waals surface area contributed by atoms with Crippen molar-refractivity contribution in [1.29, 1.82) is 0 Å². The number of urea groups is 1. The van der Waals surface area contributed by atoms with Crippen LogP contribution in [0.3, 0.4) is 0 Å². The molecule has 0 saturated heterocycles. The van der Waals surface area contributed by atoms with E-state index in [1.54, 1.807) is 0 Å². The Morgan fingerprint density at radius 1 is 1.36 bits per heavy atom. The second kappa shape index (κ2) is 8.43. The molecule has 0 fully saturated rings. The first-order chi connectivity index (χ1) is 6.76. The van der Waals surface area contributed by atoms with Gasteiger partial charge in [-0.05, 0) is 12.8 Å². The first-order valence-corrected chi connectivity index (χ1v) is 5.22. The Bertz CT molecular complexity index is 190. The molecule has 2 amide bonds. The molecular formula is C11H20N2O. The molecule has 0 aromatic carbocycles. The number of nitrogens with zero attached hydrogens (tertiary/aromatic N) is 1. The maximum absolute atomic E-state index is 11.5. The molecule has 80 valence electrons. The summed E-state index contributed by atoms with van der Waals surface area (Å²) in [5, 5.41) is 2.80. The predicted octanol–water partition coefficient (Wildman–Crippen LogP) is 1.84. The second-order valence-electron chi connectivity index (χ2n) is 3.17. The number of hydrogen-bond donors (Lipinski definition) is 1. The lowest BCUT2D eigenvalue weighted by Gasteiger charge is -2.21. The van der Waals surface area contributed by atoms with Gasteiger partial charge < -0.3 is 10.2 Å². The van der Waals surface area contributed by atoms with Crippen molar-refractivity contribution in [3.8, 4) is 12.3 Å². The van der Waals surface area contributed by atoms with Gasteiger partial charge in [0.25, 0.3) is 0 Å². The molecular weight excluding hydrogens is 176 g/mol. The lowest BCUT2D eigenvalue weighted by Crippen LogP contribution is -2.41. The Balaban J connectivity index is 3.83. The van der Waals surface area contributed by atoms with Crippen molar-refractivity contribution in [2.75, 3.05) is 19.6 Å². The van der Waals surface area contributed by atoms with Gasteiger partial charge in [-0.25, -0.2) is 4.79 Å². The quantitative estimate of drug-likeness (QED) is 0.510. The van der Waals surface area contributed by atoms with Gasteiger partial charge in [0.15, 0.2) is 0 Å². The highest BCUT2D eigenvalue weighted by Crippen LogP contribution is 1.94. The van der Waals surface area contributed by atoms with E-state index < -0.39 is 0 Å². The molecule has 0 aliphatic heterocycles. The van der Waals surface area contributed by atoms with Crippen molar-refractivity contribution in [3.05, 3.63) is 0 Å². The molecule has 0 bridgehead atoms. The van der Waals surface area contributed by atoms with Crippen LogP contribution in [0, 0.1) is 12.3 Å². The topological polar surface area (TPSA) is 32.3 Å². The van der Waals surface area contributed by atoms with Crippen LogP contribution in [0.5, 0.6) is 0 Å². The summed E-state index contributed by atoms with van der Waals surface area (Å²) in [7, 11) is 0. The van der Waals surface area contributed by atoms with Crippen LogP contribution < -0.4 is 5.32 Å². The monoisotopic (exact) mass is 196 g/mol. The van der Waals surface area contributed by atoms with Gasteiger partial charge in [0.1, 0.15) is 0 Å². The highest BCUT2D eigenvalue weighted by Gasteiger charge is 2.09. The van der Waals surface area contributed by atoms with Crippen molar-refractivity contribution >= 4 is 6.03 Å². The molecule has 0 aromatic rings. The van der Waals surface area contributed by atoms with Crippen LogP contribution in [-0.4, -0.2) is 30.6 Å². The molecule has 3 nitrogen and oxygen atoms in total. The fourth-order valence-electron chi connectivity index (χ4n) is 1.21. The summed E-state index contributed by atoms with van der Waals surface area (Å²) in [6.45, 7) is 6.33. The molecule has 0 saturated carbocycles. The third-order valence-corrected chi connectivity index (χ3v) is 1.82. The Kier molecular flexibility index (Phi) is 7.72. The number of amides is 2. The Hall–Kier alpha value is -1.17. The molecule has 0 aliphatic carbocycles. The van der Waals surface area contributed by atoms with Gasteiger partial charge in [0.05, 0.1) is 0 Å². The Labute approximate surface area is 86.9 Å². The van der Waals surface area contributed by atoms with Gasteiger partial charge in [-0.1, -0.05) is 13.8 Å². The summed E-state index contributed by atoms with van der Waals surface area (Å²) in [6, 6.07) is 0.00366. The van der Waals surface area contributed by atoms with E-state index >= 15 is 0 Å². The zero-order chi connectivity index (χ0) is 10.8. The second-order valence-corrected chi connectivity index (χ2v) is 3.17. The average Bonchev–Trinajstić information content (AvgIpc) is 2.18. The normalized spacial score (nSPS) is 9.21. The van der Waals surface area contributed by atoms with E-state index in [0.717, 1.165) is 25.9 Å². The van der Waals surface area contributed by atoms with Crippen LogP contribution in [0.4, 0.5) is 4.79 Å². The van der Waals surface area contributed by atoms with E-state index in [4.69, 9.17) is 6.42 Å². The maximum atomic E-state index is 11.5. The van der Waals surface area contributed by atoms with E-state index in [0.29, 0.717) is 13.0 Å². The molecule has 0 radical (unpaired) electrons. The standard InChI is InChI=1S/C11H20N2O/c1-4-7-8-12-11(14)13(9-5-2)10-6-3/h1H,5-10H2,2-3H3,(H,12,14). The number of nitrogens with one attached hydrogen (secondary N) is 1. The molecule has 14 heavy (non-hydrogen) atoms. The minimum absolute atomic E-state index is 0.00366. The van der Waals surface area contributed by atoms with Gasteiger partial charge in [-0.3, -0.25) is 0 Å². The van der Waals surface area contributed by atoms with Crippen molar-refractivity contribution in [2.45, 2.75) is 33.1 Å². The van der Waals surface area contributed by atoms with Crippen LogP contribution in [-0.2, 0) is 0 Å². The number of terminal acetylenes is 1. The molecule has 0 heterocycles. The Morgan fingerprint density at radius 3 is 2.36 bits per heavy atom. The highest BCUT2D eigenvalue weighted by molar-refractivity contribution is 5.74. The lowest BCUT2D eigenvalue weighted by atomic mass is 10.3. The van der Waals surface area contributed by atoms with Crippen molar-refractivity contribution < 1.29 is 4.79 Å². The third-order valence-electron chi connectivity index (χ3n) is 1.82. The molecule has 0 spiro atoms. The van der Waals surface area contributed by atoms with Crippen LogP contribution in [0.2, 0.25) is 0 Å². The first-order valence-electron chi connectivity index (χ1n) is 5.22. The minimum Gasteiger partial charge on any atom is -0.337 e. The number of hydrogen-bond acceptors (Lipinski definition) is 1. The average molecular weight is 196 g/mol. The smallest absolute Gasteiger partial charge is 0.317 e. The van der Waals surface area contributed by atoms with E-state index in [2.05, 4.69) is 25.1 Å². The maximum Gasteiger partial charge on any atom is 0.317 e. The zero-order valence-electron chi connectivity index (χ0n) is 9.18. The zero-order valence-corrected chi connectivity index (χ0v) is 9.18. The van der Waals surface area contributed by atoms with Crippen molar-refractivity contribution in [3.63, 3.8) is 0 Å². The van der Waals surface area contributed by atoms with Gasteiger partial charge >= 0.3 is 6.03 Å². The van der Waals surface area contributed by atoms with Gasteiger partial charge in [0, 0.05) is 26.1 Å². The highest BCUT2D eigenvalue weighted by atomic mass is 16.2. The van der Waals surface area contributed by atoms with E-state index in [-0.39, 0.29) is 6.03 Å². The molecule has 0 atom stereocenters. The first kappa shape index (κ1) is 12.8. The number of carbonyl (C=O) groups is 1. The largest absolute Gasteiger partial charge is 0.337 e. The van der Waals surface area contributed by atoms with Crippen LogP contribution in [0.1, 0.15) is 33.1 Å². The Morgan fingerprint density at radius 2 is 1.93 bits per heavy atom. The van der Waals surface area contributed by atoms with E-state index in [1.807, 2.05) is 4.90 Å². The summed E-state index contributed by atoms with van der Waals surface area (Å²) in [5.41, 5.74) is 0. The molecule has 0 aromatic heterocycles. The molecule has 1 N–H and O–H groups in total. The molecule has 3 heteroatoms. The SMILES string of the molecule is C#CCCNC(=O)N(CCC)CCC. The van der Waals surface area contributed by atoms with Crippen LogP contribution in [0.25, 0.3) is 0 Å². The molecule has 0 aliphatic rings. The van der Waals surface area contributed by atoms with Crippen molar-refractivity contribution in [2.24, 2.45) is 0 Å². The number of rotatable bonds is 6. The summed E-state index contributed by atoms with van der Waals surface area (Å²) in [5.74, 6) is 2.49. The lowest BCUT2D eigenvalue weighted by molar-refractivity contribution is 0.198. The summed E-state index contributed by atoms with van der Waals surface area (Å²) in [4.78, 5) is 13.4. The van der Waals surface area contributed by atoms with E-state index in [1.165, 1.54) is 0 Å². The summed E-state index contributed by atoms with van der Waals surface area (Å²) in [6.07, 6.45) is 7.67. The van der Waals surface area contributed by atoms with Crippen LogP contribution >= 0.6 is 0 Å². The summed E-state index contributed by atoms with van der Waals surface area (Å²) < 4.78 is 0. The van der Waals surface area contributed by atoms with Gasteiger partial charge in [0.2, 0.25) is 0 Å². The van der Waals surface area contributed by atoms with Crippen molar-refractivity contribution in [1.82, 2.24) is 10.2 Å². The molecule has 0 unspecified atom stereocenters.